The van der Waals surface area contributed by atoms with E-state index in [1.807, 2.05) is 36.9 Å². The van der Waals surface area contributed by atoms with Gasteiger partial charge in [-0.25, -0.2) is 19.9 Å². The molecule has 0 saturated carbocycles. The third-order valence-electron chi connectivity index (χ3n) is 8.97. The molecule has 4 aromatic carbocycles. The van der Waals surface area contributed by atoms with Crippen LogP contribution in [-0.4, -0.2) is 36.1 Å². The zero-order chi connectivity index (χ0) is 32.4. The van der Waals surface area contributed by atoms with Crippen molar-refractivity contribution < 1.29 is 0 Å². The summed E-state index contributed by atoms with van der Waals surface area (Å²) in [5, 5.41) is 0. The van der Waals surface area contributed by atoms with Crippen LogP contribution >= 0.6 is 0 Å². The number of aromatic nitrogens is 4. The van der Waals surface area contributed by atoms with E-state index in [1.54, 1.807) is 0 Å². The van der Waals surface area contributed by atoms with Gasteiger partial charge in [0.15, 0.2) is 16.1 Å². The zero-order valence-corrected chi connectivity index (χ0v) is 29.4. The predicted molar refractivity (Wildman–Crippen MR) is 200 cm³/mol. The van der Waals surface area contributed by atoms with Gasteiger partial charge in [-0.05, 0) is 74.2 Å². The lowest BCUT2D eigenvalue weighted by atomic mass is 9.95. The summed E-state index contributed by atoms with van der Waals surface area (Å²) in [6.07, 6.45) is 8.31. The van der Waals surface area contributed by atoms with Crippen LogP contribution in [0, 0.1) is 0 Å². The molecule has 1 aliphatic rings. The zero-order valence-electron chi connectivity index (χ0n) is 27.4. The number of hydrogen-bond donors (Lipinski definition) is 0. The summed E-state index contributed by atoms with van der Waals surface area (Å²) in [6, 6.07) is 39.3. The van der Waals surface area contributed by atoms with Crippen molar-refractivity contribution in [2.75, 3.05) is 0 Å². The van der Waals surface area contributed by atoms with E-state index in [4.69, 9.17) is 0 Å². The summed E-state index contributed by atoms with van der Waals surface area (Å²) in [7, 11) is -4.18. The molecule has 4 nitrogen and oxygen atoms in total. The molecule has 0 unspecified atom stereocenters. The molecule has 0 saturated heterocycles. The van der Waals surface area contributed by atoms with E-state index in [2.05, 4.69) is 155 Å². The highest BCUT2D eigenvalue weighted by atomic mass is 28.3. The van der Waals surface area contributed by atoms with Gasteiger partial charge in [-0.2, -0.15) is 0 Å². The Morgan fingerprint density at radius 3 is 1.23 bits per heavy atom. The van der Waals surface area contributed by atoms with Crippen molar-refractivity contribution in [3.8, 4) is 11.1 Å². The first-order valence-corrected chi connectivity index (χ1v) is 22.3. The van der Waals surface area contributed by atoms with Gasteiger partial charge in [0.2, 0.25) is 0 Å². The first-order valence-electron chi connectivity index (χ1n) is 16.2. The molecule has 6 heteroatoms. The molecule has 0 fully saturated rings. The average molecular weight is 643 g/mol. The molecule has 0 aliphatic heterocycles. The van der Waals surface area contributed by atoms with E-state index in [0.717, 1.165) is 17.3 Å². The molecule has 230 valence electrons. The fraction of sp³-hybridized carbons (Fsp3) is 0.122. The highest BCUT2D eigenvalue weighted by Gasteiger charge is 2.28. The van der Waals surface area contributed by atoms with Crippen molar-refractivity contribution in [1.29, 1.82) is 0 Å². The van der Waals surface area contributed by atoms with Gasteiger partial charge in [-0.15, -0.1) is 0 Å². The van der Waals surface area contributed by atoms with Gasteiger partial charge in [-0.1, -0.05) is 135 Å². The smallest absolute Gasteiger partial charge is 0.152 e. The summed E-state index contributed by atoms with van der Waals surface area (Å²) in [6.45, 7) is 9.29. The van der Waals surface area contributed by atoms with E-state index in [0.29, 0.717) is 0 Å². The van der Waals surface area contributed by atoms with Crippen LogP contribution < -0.4 is 10.9 Å². The fourth-order valence-corrected chi connectivity index (χ4v) is 10.6. The molecule has 7 rings (SSSR count). The Morgan fingerprint density at radius 2 is 0.851 bits per heavy atom. The summed E-state index contributed by atoms with van der Waals surface area (Å²) in [5.41, 5.74) is 19.6. The first-order chi connectivity index (χ1) is 22.8. The number of benzene rings is 4. The number of rotatable bonds is 8. The van der Waals surface area contributed by atoms with E-state index in [1.165, 1.54) is 55.7 Å². The molecule has 0 spiro atoms. The Bertz CT molecular complexity index is 1940. The van der Waals surface area contributed by atoms with Gasteiger partial charge >= 0.3 is 0 Å². The minimum Gasteiger partial charge on any atom is -0.246 e. The second kappa shape index (κ2) is 12.6. The van der Waals surface area contributed by atoms with Crippen molar-refractivity contribution in [3.05, 3.63) is 179 Å². The third kappa shape index (κ3) is 6.35. The maximum atomic E-state index is 4.66. The Hall–Kier alpha value is -5.05. The van der Waals surface area contributed by atoms with Crippen LogP contribution in [0.1, 0.15) is 33.4 Å². The van der Waals surface area contributed by atoms with Gasteiger partial charge in [0.05, 0.1) is 0 Å². The summed E-state index contributed by atoms with van der Waals surface area (Å²) < 4.78 is 0. The van der Waals surface area contributed by atoms with Crippen LogP contribution in [0.2, 0.25) is 26.2 Å². The molecule has 0 bridgehead atoms. The molecular formula is C41H38N4Si2. The van der Waals surface area contributed by atoms with Crippen LogP contribution in [0.15, 0.2) is 145 Å². The number of nitrogens with zero attached hydrogens (tertiary/aromatic N) is 4. The lowest BCUT2D eigenvalue weighted by Gasteiger charge is -2.20. The Labute approximate surface area is 279 Å². The lowest BCUT2D eigenvalue weighted by molar-refractivity contribution is 1.22. The number of fused-ring (bicyclic) bond motifs is 3. The third-order valence-corrected chi connectivity index (χ3v) is 13.8. The Balaban J connectivity index is 1.28. The molecule has 0 N–H and O–H groups in total. The lowest BCUT2D eigenvalue weighted by Crippen LogP contribution is -2.44. The standard InChI is InChI=1S/C41H38N4Si2/c1-46(2,40-42-21-11-22-43-40)28-38(30-13-7-5-8-14-30)32-17-19-36-34(25-32)27-35-26-33(18-20-37(35)36)39(31-15-9-6-10-16-31)29-47(3,4)41-44-23-12-24-45-41/h5-26,28-29H,27H2,1-4H3/b38-28+,39-29+. The van der Waals surface area contributed by atoms with Crippen LogP contribution in [0.25, 0.3) is 22.3 Å². The molecule has 2 heterocycles. The predicted octanol–water partition coefficient (Wildman–Crippen LogP) is 8.01. The Morgan fingerprint density at radius 1 is 0.468 bits per heavy atom. The maximum Gasteiger partial charge on any atom is 0.152 e. The van der Waals surface area contributed by atoms with E-state index >= 15 is 0 Å². The quantitative estimate of drug-likeness (QED) is 0.158. The minimum atomic E-state index is -2.09. The minimum absolute atomic E-state index is 0.904. The summed E-state index contributed by atoms with van der Waals surface area (Å²) >= 11 is 0. The van der Waals surface area contributed by atoms with Gasteiger partial charge in [-0.3, -0.25) is 0 Å². The summed E-state index contributed by atoms with van der Waals surface area (Å²) in [5.74, 6) is 0. The fourth-order valence-electron chi connectivity index (χ4n) is 6.56. The molecule has 2 aromatic heterocycles. The average Bonchev–Trinajstić information content (AvgIpc) is 3.48. The van der Waals surface area contributed by atoms with Gasteiger partial charge in [0.25, 0.3) is 0 Å². The molecule has 0 atom stereocenters. The normalized spacial score (nSPS) is 13.3. The number of hydrogen-bond acceptors (Lipinski definition) is 4. The summed E-state index contributed by atoms with van der Waals surface area (Å²) in [4.78, 5) is 18.6. The second-order valence-corrected chi connectivity index (χ2v) is 21.7. The SMILES string of the molecule is C[Si](C)(/C=C(\c1ccccc1)c1ccc2c(c1)Cc1cc(/C(=C/[Si](C)(C)c3ncccn3)c3ccccc3)ccc1-2)c1ncccn1. The first kappa shape index (κ1) is 30.6. The van der Waals surface area contributed by atoms with E-state index in [9.17, 15) is 0 Å². The van der Waals surface area contributed by atoms with E-state index < -0.39 is 16.1 Å². The van der Waals surface area contributed by atoms with Crippen molar-refractivity contribution in [3.63, 3.8) is 0 Å². The van der Waals surface area contributed by atoms with Crippen molar-refractivity contribution >= 4 is 38.2 Å². The van der Waals surface area contributed by atoms with Crippen LogP contribution in [0.3, 0.4) is 0 Å². The van der Waals surface area contributed by atoms with E-state index in [-0.39, 0.29) is 0 Å². The monoisotopic (exact) mass is 642 g/mol. The largest absolute Gasteiger partial charge is 0.246 e. The second-order valence-electron chi connectivity index (χ2n) is 13.4. The van der Waals surface area contributed by atoms with Gasteiger partial charge in [0, 0.05) is 24.8 Å². The molecule has 0 amide bonds. The maximum absolute atomic E-state index is 4.66. The molecule has 47 heavy (non-hydrogen) atoms. The topological polar surface area (TPSA) is 51.6 Å². The van der Waals surface area contributed by atoms with Crippen LogP contribution in [-0.2, 0) is 6.42 Å². The van der Waals surface area contributed by atoms with Crippen molar-refractivity contribution in [2.45, 2.75) is 32.6 Å². The van der Waals surface area contributed by atoms with Crippen LogP contribution in [0.5, 0.6) is 0 Å². The molecule has 1 aliphatic carbocycles. The van der Waals surface area contributed by atoms with Crippen molar-refractivity contribution in [2.24, 2.45) is 0 Å². The molecular weight excluding hydrogens is 605 g/mol. The highest BCUT2D eigenvalue weighted by Crippen LogP contribution is 2.41. The van der Waals surface area contributed by atoms with Gasteiger partial charge in [0.1, 0.15) is 10.9 Å². The van der Waals surface area contributed by atoms with Gasteiger partial charge < -0.3 is 0 Å². The molecule has 6 aromatic rings. The highest BCUT2D eigenvalue weighted by molar-refractivity contribution is 6.94. The van der Waals surface area contributed by atoms with Crippen LogP contribution in [0.4, 0.5) is 0 Å². The Kier molecular flexibility index (Phi) is 8.22. The van der Waals surface area contributed by atoms with Crippen molar-refractivity contribution in [1.82, 2.24) is 19.9 Å². The molecule has 0 radical (unpaired) electrons.